The summed E-state index contributed by atoms with van der Waals surface area (Å²) in [4.78, 5) is 4.33. The molecule has 3 heteroatoms. The first kappa shape index (κ1) is 13.8. The minimum atomic E-state index is 0.633. The van der Waals surface area contributed by atoms with Crippen molar-refractivity contribution in [2.24, 2.45) is 5.92 Å². The number of aryl methyl sites for hydroxylation is 1. The number of benzene rings is 1. The van der Waals surface area contributed by atoms with Crippen LogP contribution in [0.15, 0.2) is 28.8 Å². The summed E-state index contributed by atoms with van der Waals surface area (Å²) in [6, 6.07) is 6.24. The third-order valence-corrected chi connectivity index (χ3v) is 3.25. The van der Waals surface area contributed by atoms with Crippen molar-refractivity contribution < 1.29 is 4.42 Å². The topological polar surface area (TPSA) is 38.1 Å². The van der Waals surface area contributed by atoms with Gasteiger partial charge in [0, 0.05) is 5.56 Å². The Bertz CT molecular complexity index is 543. The summed E-state index contributed by atoms with van der Waals surface area (Å²) in [5.41, 5.74) is 3.65. The smallest absolute Gasteiger partial charge is 0.208 e. The van der Waals surface area contributed by atoms with Gasteiger partial charge in [-0.3, -0.25) is 0 Å². The molecule has 0 radical (unpaired) electrons. The fraction of sp³-hybridized carbons (Fsp3) is 0.438. The Hall–Kier alpha value is -1.61. The molecule has 19 heavy (non-hydrogen) atoms. The van der Waals surface area contributed by atoms with Gasteiger partial charge in [0.05, 0.1) is 12.7 Å². The summed E-state index contributed by atoms with van der Waals surface area (Å²) in [5.74, 6) is 2.23. The Balaban J connectivity index is 2.10. The van der Waals surface area contributed by atoms with Gasteiger partial charge in [0.15, 0.2) is 5.76 Å². The van der Waals surface area contributed by atoms with Crippen LogP contribution in [0, 0.1) is 19.8 Å². The third-order valence-electron chi connectivity index (χ3n) is 3.25. The lowest BCUT2D eigenvalue weighted by molar-refractivity contribution is 0.459. The second kappa shape index (κ2) is 6.02. The maximum atomic E-state index is 5.81. The highest BCUT2D eigenvalue weighted by Crippen LogP contribution is 2.25. The molecule has 0 amide bonds. The molecule has 3 nitrogen and oxygen atoms in total. The van der Waals surface area contributed by atoms with Crippen molar-refractivity contribution >= 4 is 0 Å². The first-order valence-corrected chi connectivity index (χ1v) is 6.80. The monoisotopic (exact) mass is 258 g/mol. The number of nitrogens with zero attached hydrogens (tertiary/aromatic N) is 1. The lowest BCUT2D eigenvalue weighted by Crippen LogP contribution is -2.18. The van der Waals surface area contributed by atoms with Gasteiger partial charge in [-0.05, 0) is 37.4 Å². The van der Waals surface area contributed by atoms with E-state index in [9.17, 15) is 0 Å². The first-order valence-electron chi connectivity index (χ1n) is 6.80. The second-order valence-corrected chi connectivity index (χ2v) is 5.39. The van der Waals surface area contributed by atoms with Crippen molar-refractivity contribution in [1.29, 1.82) is 0 Å². The van der Waals surface area contributed by atoms with Crippen LogP contribution in [-0.2, 0) is 6.54 Å². The lowest BCUT2D eigenvalue weighted by atomic mass is 10.0. The lowest BCUT2D eigenvalue weighted by Gasteiger charge is -2.06. The number of aromatic nitrogens is 1. The van der Waals surface area contributed by atoms with Gasteiger partial charge >= 0.3 is 0 Å². The van der Waals surface area contributed by atoms with Gasteiger partial charge < -0.3 is 9.73 Å². The number of rotatable bonds is 5. The highest BCUT2D eigenvalue weighted by molar-refractivity contribution is 5.62. The predicted octanol–water partition coefficient (Wildman–Crippen LogP) is 3.70. The van der Waals surface area contributed by atoms with E-state index < -0.39 is 0 Å². The Morgan fingerprint density at radius 1 is 1.26 bits per heavy atom. The van der Waals surface area contributed by atoms with Gasteiger partial charge in [0.2, 0.25) is 5.89 Å². The van der Waals surface area contributed by atoms with Crippen molar-refractivity contribution in [3.63, 3.8) is 0 Å². The maximum absolute atomic E-state index is 5.81. The van der Waals surface area contributed by atoms with Gasteiger partial charge in [-0.15, -0.1) is 0 Å². The average Bonchev–Trinajstić information content (AvgIpc) is 2.81. The maximum Gasteiger partial charge on any atom is 0.208 e. The number of hydrogen-bond donors (Lipinski definition) is 1. The van der Waals surface area contributed by atoms with E-state index >= 15 is 0 Å². The van der Waals surface area contributed by atoms with Crippen LogP contribution in [-0.4, -0.2) is 11.5 Å². The molecule has 1 aromatic carbocycles. The molecular formula is C16H22N2O. The van der Waals surface area contributed by atoms with Gasteiger partial charge in [-0.1, -0.05) is 32.0 Å². The molecule has 102 valence electrons. The Labute approximate surface area is 115 Å². The first-order chi connectivity index (χ1) is 9.08. The molecule has 0 bridgehead atoms. The quantitative estimate of drug-likeness (QED) is 0.888. The fourth-order valence-corrected chi connectivity index (χ4v) is 2.00. The zero-order valence-electron chi connectivity index (χ0n) is 12.2. The minimum Gasteiger partial charge on any atom is -0.439 e. The highest BCUT2D eigenvalue weighted by Gasteiger charge is 2.09. The summed E-state index contributed by atoms with van der Waals surface area (Å²) in [6.07, 6.45) is 1.81. The van der Waals surface area contributed by atoms with Gasteiger partial charge in [0.25, 0.3) is 0 Å². The Morgan fingerprint density at radius 2 is 2.05 bits per heavy atom. The SMILES string of the molecule is Cc1cccc(-c2cnc(CNCC(C)C)o2)c1C. The van der Waals surface area contributed by atoms with E-state index in [0.29, 0.717) is 12.5 Å². The van der Waals surface area contributed by atoms with Crippen LogP contribution >= 0.6 is 0 Å². The summed E-state index contributed by atoms with van der Waals surface area (Å²) >= 11 is 0. The van der Waals surface area contributed by atoms with Crippen LogP contribution in [0.5, 0.6) is 0 Å². The molecule has 0 aliphatic heterocycles. The van der Waals surface area contributed by atoms with Crippen LogP contribution in [0.4, 0.5) is 0 Å². The predicted molar refractivity (Wildman–Crippen MR) is 78.0 cm³/mol. The van der Waals surface area contributed by atoms with Gasteiger partial charge in [-0.25, -0.2) is 4.98 Å². The van der Waals surface area contributed by atoms with E-state index in [4.69, 9.17) is 4.42 Å². The molecule has 1 heterocycles. The van der Waals surface area contributed by atoms with Crippen LogP contribution in [0.1, 0.15) is 30.9 Å². The number of nitrogens with one attached hydrogen (secondary N) is 1. The molecule has 2 rings (SSSR count). The third kappa shape index (κ3) is 3.44. The molecule has 1 N–H and O–H groups in total. The molecule has 0 saturated carbocycles. The molecule has 0 saturated heterocycles. The molecule has 1 aromatic heterocycles. The number of hydrogen-bond acceptors (Lipinski definition) is 3. The average molecular weight is 258 g/mol. The summed E-state index contributed by atoms with van der Waals surface area (Å²) in [5, 5.41) is 3.34. The zero-order valence-corrected chi connectivity index (χ0v) is 12.2. The van der Waals surface area contributed by atoms with E-state index in [1.54, 1.807) is 0 Å². The number of oxazole rings is 1. The molecule has 2 aromatic rings. The minimum absolute atomic E-state index is 0.633. The van der Waals surface area contributed by atoms with Gasteiger partial charge in [0.1, 0.15) is 0 Å². The highest BCUT2D eigenvalue weighted by atomic mass is 16.4. The van der Waals surface area contributed by atoms with E-state index in [1.807, 2.05) is 6.20 Å². The summed E-state index contributed by atoms with van der Waals surface area (Å²) < 4.78 is 5.81. The second-order valence-electron chi connectivity index (χ2n) is 5.39. The summed E-state index contributed by atoms with van der Waals surface area (Å²) in [6.45, 7) is 10.3. The van der Waals surface area contributed by atoms with Crippen molar-refractivity contribution in [2.45, 2.75) is 34.2 Å². The molecule has 0 atom stereocenters. The largest absolute Gasteiger partial charge is 0.439 e. The Morgan fingerprint density at radius 3 is 2.79 bits per heavy atom. The van der Waals surface area contributed by atoms with Crippen molar-refractivity contribution in [3.8, 4) is 11.3 Å². The Kier molecular flexibility index (Phi) is 4.38. The fourth-order valence-electron chi connectivity index (χ4n) is 2.00. The van der Waals surface area contributed by atoms with Crippen LogP contribution in [0.2, 0.25) is 0 Å². The normalized spacial score (nSPS) is 11.2. The standard InChI is InChI=1S/C16H22N2O/c1-11(2)8-17-10-16-18-9-15(19-16)14-7-5-6-12(3)13(14)4/h5-7,9,11,17H,8,10H2,1-4H3. The molecule has 0 spiro atoms. The summed E-state index contributed by atoms with van der Waals surface area (Å²) in [7, 11) is 0. The molecular weight excluding hydrogens is 236 g/mol. The van der Waals surface area contributed by atoms with E-state index in [1.165, 1.54) is 11.1 Å². The molecule has 0 aliphatic rings. The van der Waals surface area contributed by atoms with Crippen LogP contribution in [0.25, 0.3) is 11.3 Å². The van der Waals surface area contributed by atoms with Crippen molar-refractivity contribution in [1.82, 2.24) is 10.3 Å². The van der Waals surface area contributed by atoms with E-state index in [0.717, 1.165) is 23.8 Å². The van der Waals surface area contributed by atoms with Gasteiger partial charge in [-0.2, -0.15) is 0 Å². The molecule has 0 aliphatic carbocycles. The van der Waals surface area contributed by atoms with E-state index in [2.05, 4.69) is 56.2 Å². The van der Waals surface area contributed by atoms with Crippen molar-refractivity contribution in [3.05, 3.63) is 41.4 Å². The molecule has 0 fully saturated rings. The molecule has 0 unspecified atom stereocenters. The van der Waals surface area contributed by atoms with Crippen molar-refractivity contribution in [2.75, 3.05) is 6.54 Å². The van der Waals surface area contributed by atoms with E-state index in [-0.39, 0.29) is 0 Å². The van der Waals surface area contributed by atoms with Crippen LogP contribution in [0.3, 0.4) is 0 Å². The zero-order chi connectivity index (χ0) is 13.8. The van der Waals surface area contributed by atoms with Crippen LogP contribution < -0.4 is 5.32 Å².